The van der Waals surface area contributed by atoms with Crippen LogP contribution in [-0.4, -0.2) is 11.1 Å². The van der Waals surface area contributed by atoms with E-state index in [2.05, 4.69) is 0 Å². The van der Waals surface area contributed by atoms with Gasteiger partial charge in [0.05, 0.1) is 11.3 Å². The second-order valence-electron chi connectivity index (χ2n) is 3.01. The summed E-state index contributed by atoms with van der Waals surface area (Å²) >= 11 is 1.00. The fourth-order valence-electron chi connectivity index (χ4n) is 1.02. The average Bonchev–Trinajstić information content (AvgIpc) is 2.49. The highest BCUT2D eigenvalue weighted by Crippen LogP contribution is 2.36. The Morgan fingerprint density at radius 2 is 2.21 bits per heavy atom. The minimum absolute atomic E-state index is 0.0590. The lowest BCUT2D eigenvalue weighted by molar-refractivity contribution is -0.139. The van der Waals surface area contributed by atoms with Gasteiger partial charge in [0.1, 0.15) is 0 Å². The lowest BCUT2D eigenvalue weighted by Gasteiger charge is -2.12. The Bertz CT molecular complexity index is 333. The Morgan fingerprint density at radius 1 is 1.57 bits per heavy atom. The van der Waals surface area contributed by atoms with Crippen molar-refractivity contribution in [2.24, 2.45) is 0 Å². The van der Waals surface area contributed by atoms with Crippen molar-refractivity contribution >= 4 is 17.3 Å². The van der Waals surface area contributed by atoms with E-state index in [1.165, 1.54) is 6.07 Å². The summed E-state index contributed by atoms with van der Waals surface area (Å²) in [5, 5.41) is 8.30. The van der Waals surface area contributed by atoms with Gasteiger partial charge in [-0.2, -0.15) is 0 Å². The molecule has 0 aliphatic heterocycles. The third-order valence-electron chi connectivity index (χ3n) is 1.75. The monoisotopic (exact) mass is 220 g/mol. The molecule has 0 amide bonds. The summed E-state index contributed by atoms with van der Waals surface area (Å²) in [5.41, 5.74) is 0. The maximum Gasteiger partial charge on any atom is 0.303 e. The zero-order valence-corrected chi connectivity index (χ0v) is 8.41. The highest BCUT2D eigenvalue weighted by atomic mass is 32.1. The molecule has 1 N–H and O–H groups in total. The number of carboxylic acids is 1. The summed E-state index contributed by atoms with van der Waals surface area (Å²) in [5.74, 6) is -4.21. The van der Waals surface area contributed by atoms with Gasteiger partial charge >= 0.3 is 5.97 Å². The minimum Gasteiger partial charge on any atom is -0.481 e. The van der Waals surface area contributed by atoms with Crippen molar-refractivity contribution < 1.29 is 18.7 Å². The molecular weight excluding hydrogens is 210 g/mol. The molecule has 0 aliphatic rings. The number of alkyl halides is 2. The average molecular weight is 220 g/mol. The zero-order valence-electron chi connectivity index (χ0n) is 7.59. The quantitative estimate of drug-likeness (QED) is 0.846. The number of hydrogen-bond acceptors (Lipinski definition) is 2. The van der Waals surface area contributed by atoms with Gasteiger partial charge in [-0.25, -0.2) is 8.78 Å². The molecule has 0 aromatic carbocycles. The molecule has 0 saturated carbocycles. The highest BCUT2D eigenvalue weighted by Gasteiger charge is 2.33. The molecule has 1 rings (SSSR count). The number of aryl methyl sites for hydroxylation is 1. The van der Waals surface area contributed by atoms with Gasteiger partial charge in [-0.3, -0.25) is 4.79 Å². The van der Waals surface area contributed by atoms with Crippen LogP contribution < -0.4 is 0 Å². The minimum atomic E-state index is -3.02. The van der Waals surface area contributed by atoms with E-state index in [9.17, 15) is 13.6 Å². The van der Waals surface area contributed by atoms with Gasteiger partial charge in [0, 0.05) is 11.3 Å². The maximum atomic E-state index is 13.3. The van der Waals surface area contributed by atoms with Crippen LogP contribution in [0.25, 0.3) is 0 Å². The van der Waals surface area contributed by atoms with Crippen LogP contribution in [0.15, 0.2) is 12.1 Å². The Hall–Kier alpha value is -0.970. The summed E-state index contributed by atoms with van der Waals surface area (Å²) in [7, 11) is 0. The van der Waals surface area contributed by atoms with Crippen LogP contribution in [-0.2, 0) is 10.7 Å². The molecule has 78 valence electrons. The van der Waals surface area contributed by atoms with Crippen LogP contribution in [0.1, 0.15) is 22.6 Å². The van der Waals surface area contributed by atoms with E-state index < -0.39 is 24.7 Å². The molecule has 0 bridgehead atoms. The first kappa shape index (κ1) is 11.1. The molecule has 0 saturated heterocycles. The van der Waals surface area contributed by atoms with E-state index in [0.29, 0.717) is 0 Å². The van der Waals surface area contributed by atoms with Gasteiger partial charge in [-0.05, 0) is 19.1 Å². The first-order valence-corrected chi connectivity index (χ1v) is 4.90. The van der Waals surface area contributed by atoms with Crippen LogP contribution in [0.3, 0.4) is 0 Å². The van der Waals surface area contributed by atoms with E-state index in [0.717, 1.165) is 16.2 Å². The number of carboxylic acid groups (broad SMARTS) is 1. The van der Waals surface area contributed by atoms with Crippen LogP contribution in [0.4, 0.5) is 8.78 Å². The van der Waals surface area contributed by atoms with E-state index >= 15 is 0 Å². The van der Waals surface area contributed by atoms with Gasteiger partial charge in [-0.1, -0.05) is 0 Å². The molecule has 14 heavy (non-hydrogen) atoms. The van der Waals surface area contributed by atoms with Crippen molar-refractivity contribution in [2.75, 3.05) is 0 Å². The Kier molecular flexibility index (Phi) is 3.21. The van der Waals surface area contributed by atoms with E-state index in [4.69, 9.17) is 5.11 Å². The predicted molar refractivity (Wildman–Crippen MR) is 49.8 cm³/mol. The SMILES string of the molecule is Cc1ccc(C(F)(F)CCC(=O)O)s1. The van der Waals surface area contributed by atoms with Gasteiger partial charge in [0.2, 0.25) is 0 Å². The second-order valence-corrected chi connectivity index (χ2v) is 4.30. The number of rotatable bonds is 4. The second kappa shape index (κ2) is 4.04. The van der Waals surface area contributed by atoms with E-state index in [-0.39, 0.29) is 4.88 Å². The van der Waals surface area contributed by atoms with Crippen LogP contribution in [0.2, 0.25) is 0 Å². The van der Waals surface area contributed by atoms with Crippen molar-refractivity contribution in [2.45, 2.75) is 25.7 Å². The standard InChI is InChI=1S/C9H10F2O2S/c1-6-2-3-7(14-6)9(10,11)5-4-8(12)13/h2-3H,4-5H2,1H3,(H,12,13). The van der Waals surface area contributed by atoms with Gasteiger partial charge in [-0.15, -0.1) is 11.3 Å². The zero-order chi connectivity index (χ0) is 10.8. The van der Waals surface area contributed by atoms with Crippen LogP contribution in [0.5, 0.6) is 0 Å². The van der Waals surface area contributed by atoms with Crippen molar-refractivity contribution in [3.63, 3.8) is 0 Å². The Labute approximate surface area is 84.2 Å². The number of carbonyl (C=O) groups is 1. The molecule has 2 nitrogen and oxygen atoms in total. The van der Waals surface area contributed by atoms with Gasteiger partial charge in [0.15, 0.2) is 0 Å². The molecule has 0 fully saturated rings. The number of aliphatic carboxylic acids is 1. The molecule has 5 heteroatoms. The molecular formula is C9H10F2O2S. The summed E-state index contributed by atoms with van der Waals surface area (Å²) in [4.78, 5) is 10.9. The highest BCUT2D eigenvalue weighted by molar-refractivity contribution is 7.12. The molecule has 0 atom stereocenters. The van der Waals surface area contributed by atoms with Crippen molar-refractivity contribution in [3.05, 3.63) is 21.9 Å². The first-order valence-electron chi connectivity index (χ1n) is 4.08. The lowest BCUT2D eigenvalue weighted by atomic mass is 10.1. The lowest BCUT2D eigenvalue weighted by Crippen LogP contribution is -2.13. The van der Waals surface area contributed by atoms with Crippen molar-refractivity contribution in [1.29, 1.82) is 0 Å². The topological polar surface area (TPSA) is 37.3 Å². The number of hydrogen-bond donors (Lipinski definition) is 1. The molecule has 0 spiro atoms. The van der Waals surface area contributed by atoms with Gasteiger partial charge < -0.3 is 5.11 Å². The smallest absolute Gasteiger partial charge is 0.303 e. The largest absolute Gasteiger partial charge is 0.481 e. The summed E-state index contributed by atoms with van der Waals surface area (Å²) in [6, 6.07) is 2.95. The molecule has 0 aliphatic carbocycles. The molecule has 1 aromatic heterocycles. The molecule has 0 radical (unpaired) electrons. The fourth-order valence-corrected chi connectivity index (χ4v) is 1.89. The fraction of sp³-hybridized carbons (Fsp3) is 0.444. The van der Waals surface area contributed by atoms with Crippen molar-refractivity contribution in [3.8, 4) is 0 Å². The van der Waals surface area contributed by atoms with E-state index in [1.807, 2.05) is 0 Å². The summed E-state index contributed by atoms with van der Waals surface area (Å²) in [6.07, 6.45) is -1.15. The maximum absolute atomic E-state index is 13.3. The predicted octanol–water partition coefficient (Wildman–Crippen LogP) is 3.01. The van der Waals surface area contributed by atoms with Crippen LogP contribution >= 0.6 is 11.3 Å². The van der Waals surface area contributed by atoms with Gasteiger partial charge in [0.25, 0.3) is 5.92 Å². The van der Waals surface area contributed by atoms with Crippen molar-refractivity contribution in [1.82, 2.24) is 0 Å². The normalized spacial score (nSPS) is 11.6. The molecule has 0 unspecified atom stereocenters. The summed E-state index contributed by atoms with van der Waals surface area (Å²) in [6.45, 7) is 1.74. The Balaban J connectivity index is 2.69. The first-order chi connectivity index (χ1) is 6.42. The van der Waals surface area contributed by atoms with Crippen LogP contribution in [0, 0.1) is 6.92 Å². The summed E-state index contributed by atoms with van der Waals surface area (Å²) < 4.78 is 26.6. The number of thiophene rings is 1. The Morgan fingerprint density at radius 3 is 2.64 bits per heavy atom. The number of halogens is 2. The van der Waals surface area contributed by atoms with E-state index in [1.54, 1.807) is 13.0 Å². The third-order valence-corrected chi connectivity index (χ3v) is 2.87. The third kappa shape index (κ3) is 2.77. The molecule has 1 aromatic rings. The molecule has 1 heterocycles.